The van der Waals surface area contributed by atoms with Gasteiger partial charge in [0.25, 0.3) is 5.22 Å². The highest BCUT2D eigenvalue weighted by Gasteiger charge is 2.10. The maximum atomic E-state index is 11.9. The van der Waals surface area contributed by atoms with Crippen LogP contribution in [0.4, 0.5) is 0 Å². The molecule has 0 aliphatic carbocycles. The van der Waals surface area contributed by atoms with Gasteiger partial charge in [0.15, 0.2) is 0 Å². The standard InChI is InChI=1S/C18H17N3O2S/c22-16(19-12-11-14-7-3-1-4-8-14)13-24-18-21-20-17(23-18)15-9-5-2-6-10-15/h1-10H,11-13H2,(H,19,22). The van der Waals surface area contributed by atoms with Gasteiger partial charge >= 0.3 is 0 Å². The second-order valence-electron chi connectivity index (χ2n) is 5.11. The molecule has 6 heteroatoms. The minimum atomic E-state index is -0.0459. The zero-order valence-electron chi connectivity index (χ0n) is 13.0. The van der Waals surface area contributed by atoms with Gasteiger partial charge in [-0.1, -0.05) is 60.3 Å². The largest absolute Gasteiger partial charge is 0.411 e. The summed E-state index contributed by atoms with van der Waals surface area (Å²) in [5, 5.41) is 11.2. The average molecular weight is 339 g/mol. The van der Waals surface area contributed by atoms with Crippen LogP contribution in [0.25, 0.3) is 11.5 Å². The number of nitrogens with one attached hydrogen (secondary N) is 1. The molecule has 0 aliphatic rings. The SMILES string of the molecule is O=C(CSc1nnc(-c2ccccc2)o1)NCCc1ccccc1. The first kappa shape index (κ1) is 16.3. The Hall–Kier alpha value is -2.60. The van der Waals surface area contributed by atoms with Gasteiger partial charge in [-0.2, -0.15) is 0 Å². The molecule has 24 heavy (non-hydrogen) atoms. The summed E-state index contributed by atoms with van der Waals surface area (Å²) < 4.78 is 5.55. The van der Waals surface area contributed by atoms with Gasteiger partial charge < -0.3 is 9.73 Å². The molecule has 2 aromatic carbocycles. The van der Waals surface area contributed by atoms with Crippen LogP contribution < -0.4 is 5.32 Å². The maximum absolute atomic E-state index is 11.9. The summed E-state index contributed by atoms with van der Waals surface area (Å²) in [4.78, 5) is 11.9. The van der Waals surface area contributed by atoms with Crippen molar-refractivity contribution in [1.82, 2.24) is 15.5 Å². The van der Waals surface area contributed by atoms with E-state index >= 15 is 0 Å². The van der Waals surface area contributed by atoms with Crippen molar-refractivity contribution < 1.29 is 9.21 Å². The van der Waals surface area contributed by atoms with Crippen molar-refractivity contribution in [2.45, 2.75) is 11.6 Å². The Morgan fingerprint density at radius 3 is 2.46 bits per heavy atom. The van der Waals surface area contributed by atoms with E-state index in [2.05, 4.69) is 15.5 Å². The normalized spacial score (nSPS) is 10.5. The first-order valence-electron chi connectivity index (χ1n) is 7.63. The van der Waals surface area contributed by atoms with E-state index in [1.165, 1.54) is 17.3 Å². The summed E-state index contributed by atoms with van der Waals surface area (Å²) in [6.07, 6.45) is 0.815. The van der Waals surface area contributed by atoms with E-state index in [-0.39, 0.29) is 11.7 Å². The number of thioether (sulfide) groups is 1. The summed E-state index contributed by atoms with van der Waals surface area (Å²) in [6.45, 7) is 0.614. The Morgan fingerprint density at radius 1 is 1.00 bits per heavy atom. The third kappa shape index (κ3) is 4.70. The molecule has 3 rings (SSSR count). The summed E-state index contributed by atoms with van der Waals surface area (Å²) in [6, 6.07) is 19.6. The van der Waals surface area contributed by atoms with Gasteiger partial charge in [0.2, 0.25) is 11.8 Å². The van der Waals surface area contributed by atoms with E-state index in [1.807, 2.05) is 60.7 Å². The van der Waals surface area contributed by atoms with Crippen LogP contribution in [0.5, 0.6) is 0 Å². The molecule has 0 saturated carbocycles. The Balaban J connectivity index is 1.42. The van der Waals surface area contributed by atoms with Crippen LogP contribution in [-0.4, -0.2) is 28.4 Å². The van der Waals surface area contributed by atoms with Gasteiger partial charge in [-0.3, -0.25) is 4.79 Å². The third-order valence-corrected chi connectivity index (χ3v) is 4.15. The Labute approximate surface area is 144 Å². The Kier molecular flexibility index (Phi) is 5.63. The highest BCUT2D eigenvalue weighted by Crippen LogP contribution is 2.22. The van der Waals surface area contributed by atoms with Gasteiger partial charge in [0, 0.05) is 12.1 Å². The van der Waals surface area contributed by atoms with Crippen LogP contribution in [0.2, 0.25) is 0 Å². The highest BCUT2D eigenvalue weighted by atomic mass is 32.2. The fraction of sp³-hybridized carbons (Fsp3) is 0.167. The van der Waals surface area contributed by atoms with Gasteiger partial charge in [0.1, 0.15) is 0 Å². The number of hydrogen-bond acceptors (Lipinski definition) is 5. The Morgan fingerprint density at radius 2 is 1.71 bits per heavy atom. The van der Waals surface area contributed by atoms with E-state index in [9.17, 15) is 4.79 Å². The van der Waals surface area contributed by atoms with E-state index in [0.29, 0.717) is 17.7 Å². The molecule has 3 aromatic rings. The molecule has 0 spiro atoms. The number of carbonyl (C=O) groups excluding carboxylic acids is 1. The predicted molar refractivity (Wildman–Crippen MR) is 93.6 cm³/mol. The van der Waals surface area contributed by atoms with E-state index in [1.54, 1.807) is 0 Å². The molecule has 0 bridgehead atoms. The van der Waals surface area contributed by atoms with Crippen LogP contribution in [0, 0.1) is 0 Å². The van der Waals surface area contributed by atoms with Crippen molar-refractivity contribution >= 4 is 17.7 Å². The maximum Gasteiger partial charge on any atom is 0.277 e. The lowest BCUT2D eigenvalue weighted by atomic mass is 10.1. The van der Waals surface area contributed by atoms with Crippen LogP contribution in [0.15, 0.2) is 70.3 Å². The third-order valence-electron chi connectivity index (χ3n) is 3.33. The highest BCUT2D eigenvalue weighted by molar-refractivity contribution is 7.99. The Bertz CT molecular complexity index is 775. The minimum Gasteiger partial charge on any atom is -0.411 e. The monoisotopic (exact) mass is 339 g/mol. The molecular formula is C18H17N3O2S. The summed E-state index contributed by atoms with van der Waals surface area (Å²) in [5.74, 6) is 0.670. The molecule has 0 unspecified atom stereocenters. The molecule has 1 aromatic heterocycles. The fourth-order valence-electron chi connectivity index (χ4n) is 2.13. The molecule has 0 saturated heterocycles. The molecule has 5 nitrogen and oxygen atoms in total. The molecule has 1 amide bonds. The smallest absolute Gasteiger partial charge is 0.277 e. The number of nitrogens with zero attached hydrogens (tertiary/aromatic N) is 2. The predicted octanol–water partition coefficient (Wildman–Crippen LogP) is 3.19. The second kappa shape index (κ2) is 8.31. The lowest BCUT2D eigenvalue weighted by molar-refractivity contribution is -0.118. The van der Waals surface area contributed by atoms with Crippen LogP contribution >= 0.6 is 11.8 Å². The van der Waals surface area contributed by atoms with Crippen molar-refractivity contribution in [2.24, 2.45) is 0 Å². The lowest BCUT2D eigenvalue weighted by Gasteiger charge is -2.04. The number of amides is 1. The van der Waals surface area contributed by atoms with Crippen molar-refractivity contribution in [3.63, 3.8) is 0 Å². The van der Waals surface area contributed by atoms with Crippen LogP contribution in [0.3, 0.4) is 0 Å². The van der Waals surface area contributed by atoms with Crippen molar-refractivity contribution in [3.05, 3.63) is 66.2 Å². The average Bonchev–Trinajstić information content (AvgIpc) is 3.11. The molecule has 122 valence electrons. The molecular weight excluding hydrogens is 322 g/mol. The first-order valence-corrected chi connectivity index (χ1v) is 8.62. The van der Waals surface area contributed by atoms with Gasteiger partial charge in [-0.15, -0.1) is 10.2 Å². The summed E-state index contributed by atoms with van der Waals surface area (Å²) in [7, 11) is 0. The van der Waals surface area contributed by atoms with E-state index in [4.69, 9.17) is 4.42 Å². The number of rotatable bonds is 7. The number of hydrogen-bond donors (Lipinski definition) is 1. The van der Waals surface area contributed by atoms with Crippen LogP contribution in [-0.2, 0) is 11.2 Å². The molecule has 1 N–H and O–H groups in total. The van der Waals surface area contributed by atoms with E-state index < -0.39 is 0 Å². The van der Waals surface area contributed by atoms with Crippen LogP contribution in [0.1, 0.15) is 5.56 Å². The van der Waals surface area contributed by atoms with E-state index in [0.717, 1.165) is 12.0 Å². The topological polar surface area (TPSA) is 68.0 Å². The fourth-order valence-corrected chi connectivity index (χ4v) is 2.73. The summed E-state index contributed by atoms with van der Waals surface area (Å²) >= 11 is 1.24. The second-order valence-corrected chi connectivity index (χ2v) is 6.04. The molecule has 1 heterocycles. The molecule has 0 atom stereocenters. The molecule has 0 aliphatic heterocycles. The summed E-state index contributed by atoms with van der Waals surface area (Å²) in [5.41, 5.74) is 2.07. The quantitative estimate of drug-likeness (QED) is 0.670. The molecule has 0 fully saturated rings. The minimum absolute atomic E-state index is 0.0459. The zero-order chi connectivity index (χ0) is 16.6. The first-order chi connectivity index (χ1) is 11.8. The van der Waals surface area contributed by atoms with Crippen molar-refractivity contribution in [1.29, 1.82) is 0 Å². The van der Waals surface area contributed by atoms with Crippen molar-refractivity contribution in [2.75, 3.05) is 12.3 Å². The van der Waals surface area contributed by atoms with Crippen molar-refractivity contribution in [3.8, 4) is 11.5 Å². The van der Waals surface area contributed by atoms with Gasteiger partial charge in [-0.25, -0.2) is 0 Å². The number of aromatic nitrogens is 2. The lowest BCUT2D eigenvalue weighted by Crippen LogP contribution is -2.27. The zero-order valence-corrected chi connectivity index (χ0v) is 13.8. The number of benzene rings is 2. The van der Waals surface area contributed by atoms with Gasteiger partial charge in [0.05, 0.1) is 5.75 Å². The number of carbonyl (C=O) groups is 1. The van der Waals surface area contributed by atoms with Gasteiger partial charge in [-0.05, 0) is 24.1 Å². The molecule has 0 radical (unpaired) electrons.